The number of allylic oxidation sites excluding steroid dienone is 1. The molecule has 2 aliphatic heterocycles. The number of fused-ring (bicyclic) bond motifs is 3. The van der Waals surface area contributed by atoms with Crippen molar-refractivity contribution in [1.29, 1.82) is 0 Å². The zero-order valence-electron chi connectivity index (χ0n) is 17.6. The van der Waals surface area contributed by atoms with Crippen molar-refractivity contribution < 1.29 is 19.1 Å². The summed E-state index contributed by atoms with van der Waals surface area (Å²) in [6.07, 6.45) is 1.42. The molecule has 168 valence electrons. The number of rotatable bonds is 2. The van der Waals surface area contributed by atoms with Crippen molar-refractivity contribution in [2.24, 2.45) is 5.73 Å². The van der Waals surface area contributed by atoms with Gasteiger partial charge in [0.25, 0.3) is 0 Å². The minimum atomic E-state index is -1.69. The summed E-state index contributed by atoms with van der Waals surface area (Å²) >= 11 is 6.94. The molecule has 0 saturated heterocycles. The highest BCUT2D eigenvalue weighted by atomic mass is 79.9. The Balaban J connectivity index is 1.92. The van der Waals surface area contributed by atoms with Crippen LogP contribution in [0.4, 0.5) is 11.4 Å². The Hall–Kier alpha value is -2.91. The lowest BCUT2D eigenvalue weighted by Gasteiger charge is -2.44. The van der Waals surface area contributed by atoms with E-state index in [1.807, 2.05) is 24.3 Å². The molecule has 2 heterocycles. The van der Waals surface area contributed by atoms with Crippen LogP contribution in [-0.2, 0) is 24.5 Å². The van der Waals surface area contributed by atoms with E-state index in [1.54, 1.807) is 23.1 Å². The van der Waals surface area contributed by atoms with Gasteiger partial charge < -0.3 is 15.8 Å². The Morgan fingerprint density at radius 3 is 2.61 bits per heavy atom. The number of nitrogens with zero attached hydrogens (tertiary/aromatic N) is 1. The number of hydrogen-bond acceptors (Lipinski definition) is 6. The molecule has 0 radical (unpaired) electrons. The van der Waals surface area contributed by atoms with Crippen molar-refractivity contribution in [2.45, 2.75) is 24.7 Å². The number of ether oxygens (including phenoxy) is 1. The fourth-order valence-electron chi connectivity index (χ4n) is 5.09. The molecule has 1 unspecified atom stereocenters. The number of nitrogens with two attached hydrogens (primary N) is 1. The van der Waals surface area contributed by atoms with E-state index in [-0.39, 0.29) is 29.2 Å². The third-order valence-electron chi connectivity index (χ3n) is 6.33. The number of benzene rings is 2. The molecule has 2 aromatic carbocycles. The summed E-state index contributed by atoms with van der Waals surface area (Å²) in [5, 5.41) is 2.86. The molecule has 0 aromatic heterocycles. The molecule has 1 amide bonds. The molecule has 0 fully saturated rings. The SMILES string of the molecule is COC(=O)C1=C(N)N(c2cccc(Br)c2)C2=C(C(=O)CCC2)C12C(=O)Nc1ccc(Br)cc12. The van der Waals surface area contributed by atoms with Gasteiger partial charge in [-0.25, -0.2) is 4.79 Å². The highest BCUT2D eigenvalue weighted by molar-refractivity contribution is 9.10. The van der Waals surface area contributed by atoms with Crippen molar-refractivity contribution in [3.63, 3.8) is 0 Å². The molecule has 33 heavy (non-hydrogen) atoms. The first-order chi connectivity index (χ1) is 15.8. The maximum Gasteiger partial charge on any atom is 0.339 e. The molecule has 5 rings (SSSR count). The third-order valence-corrected chi connectivity index (χ3v) is 7.32. The van der Waals surface area contributed by atoms with E-state index in [1.165, 1.54) is 7.11 Å². The maximum atomic E-state index is 13.8. The summed E-state index contributed by atoms with van der Waals surface area (Å²) < 4.78 is 6.64. The van der Waals surface area contributed by atoms with Gasteiger partial charge in [-0.3, -0.25) is 14.5 Å². The second-order valence-electron chi connectivity index (χ2n) is 8.06. The number of Topliss-reactive ketones (excluding diaryl/α,β-unsaturated/α-hetero) is 1. The molecule has 2 aromatic rings. The lowest BCUT2D eigenvalue weighted by atomic mass is 9.63. The number of methoxy groups -OCH3 is 1. The van der Waals surface area contributed by atoms with Crippen LogP contribution < -0.4 is 16.0 Å². The first-order valence-corrected chi connectivity index (χ1v) is 11.9. The Bertz CT molecular complexity index is 1320. The number of halogens is 2. The van der Waals surface area contributed by atoms with Gasteiger partial charge in [-0.2, -0.15) is 0 Å². The van der Waals surface area contributed by atoms with Gasteiger partial charge in [-0.05, 0) is 49.2 Å². The number of anilines is 2. The van der Waals surface area contributed by atoms with Gasteiger partial charge in [0.2, 0.25) is 5.91 Å². The van der Waals surface area contributed by atoms with E-state index in [0.29, 0.717) is 39.9 Å². The van der Waals surface area contributed by atoms with Gasteiger partial charge in [0.1, 0.15) is 16.8 Å². The van der Waals surface area contributed by atoms with Gasteiger partial charge >= 0.3 is 5.97 Å². The lowest BCUT2D eigenvalue weighted by Crippen LogP contribution is -2.53. The van der Waals surface area contributed by atoms with Crippen molar-refractivity contribution in [2.75, 3.05) is 17.3 Å². The maximum absolute atomic E-state index is 13.8. The van der Waals surface area contributed by atoms with Crippen LogP contribution in [0.25, 0.3) is 0 Å². The quantitative estimate of drug-likeness (QED) is 0.521. The molecule has 1 atom stereocenters. The fourth-order valence-corrected chi connectivity index (χ4v) is 5.84. The second-order valence-corrected chi connectivity index (χ2v) is 9.89. The average molecular weight is 573 g/mol. The van der Waals surface area contributed by atoms with Crippen LogP contribution >= 0.6 is 31.9 Å². The number of esters is 1. The van der Waals surface area contributed by atoms with Crippen LogP contribution in [0.1, 0.15) is 24.8 Å². The van der Waals surface area contributed by atoms with Crippen molar-refractivity contribution >= 4 is 60.9 Å². The van der Waals surface area contributed by atoms with E-state index in [4.69, 9.17) is 10.5 Å². The molecule has 1 aliphatic carbocycles. The van der Waals surface area contributed by atoms with Crippen LogP contribution in [-0.4, -0.2) is 24.8 Å². The van der Waals surface area contributed by atoms with Gasteiger partial charge in [-0.1, -0.05) is 37.9 Å². The number of carbonyl (C=O) groups is 3. The fraction of sp³-hybridized carbons (Fsp3) is 0.208. The molecular weight excluding hydrogens is 554 g/mol. The van der Waals surface area contributed by atoms with Crippen molar-refractivity contribution in [3.8, 4) is 0 Å². The highest BCUT2D eigenvalue weighted by Crippen LogP contribution is 2.56. The molecule has 3 aliphatic rings. The monoisotopic (exact) mass is 571 g/mol. The third kappa shape index (κ3) is 3.02. The van der Waals surface area contributed by atoms with Crippen LogP contribution in [0.3, 0.4) is 0 Å². The molecule has 0 bridgehead atoms. The minimum Gasteiger partial charge on any atom is -0.466 e. The molecule has 0 saturated carbocycles. The highest BCUT2D eigenvalue weighted by Gasteiger charge is 2.61. The Kier molecular flexibility index (Phi) is 5.21. The van der Waals surface area contributed by atoms with Crippen LogP contribution in [0.2, 0.25) is 0 Å². The smallest absolute Gasteiger partial charge is 0.339 e. The van der Waals surface area contributed by atoms with E-state index >= 15 is 0 Å². The number of nitrogens with one attached hydrogen (secondary N) is 1. The standard InChI is InChI=1S/C24H19Br2N3O4/c1-33-22(31)20-21(27)29(14-5-2-4-12(25)10-14)17-6-3-7-18(30)19(17)24(20)15-11-13(26)8-9-16(15)28-23(24)32/h2,4-5,8-11H,3,6-7,27H2,1H3,(H,28,32). The largest absolute Gasteiger partial charge is 0.466 e. The van der Waals surface area contributed by atoms with Crippen LogP contribution in [0.15, 0.2) is 74.1 Å². The average Bonchev–Trinajstić information content (AvgIpc) is 3.05. The Morgan fingerprint density at radius 1 is 1.12 bits per heavy atom. The number of hydrogen-bond donors (Lipinski definition) is 2. The Morgan fingerprint density at radius 2 is 1.88 bits per heavy atom. The number of ketones is 1. The molecule has 3 N–H and O–H groups in total. The van der Waals surface area contributed by atoms with E-state index in [2.05, 4.69) is 37.2 Å². The van der Waals surface area contributed by atoms with Gasteiger partial charge in [-0.15, -0.1) is 0 Å². The van der Waals surface area contributed by atoms with Gasteiger partial charge in [0.15, 0.2) is 5.78 Å². The van der Waals surface area contributed by atoms with E-state index in [0.717, 1.165) is 4.47 Å². The summed E-state index contributed by atoms with van der Waals surface area (Å²) in [5.74, 6) is -1.37. The van der Waals surface area contributed by atoms with E-state index in [9.17, 15) is 14.4 Å². The summed E-state index contributed by atoms with van der Waals surface area (Å²) in [4.78, 5) is 42.3. The predicted molar refractivity (Wildman–Crippen MR) is 130 cm³/mol. The molecule has 9 heteroatoms. The first kappa shape index (κ1) is 21.9. The van der Waals surface area contributed by atoms with Crippen molar-refractivity contribution in [1.82, 2.24) is 0 Å². The minimum absolute atomic E-state index is 0.0617. The van der Waals surface area contributed by atoms with Gasteiger partial charge in [0.05, 0.1) is 7.11 Å². The summed E-state index contributed by atoms with van der Waals surface area (Å²) in [7, 11) is 1.24. The first-order valence-electron chi connectivity index (χ1n) is 10.3. The van der Waals surface area contributed by atoms with Gasteiger partial charge in [0, 0.05) is 43.6 Å². The second kappa shape index (κ2) is 7.85. The summed E-state index contributed by atoms with van der Waals surface area (Å²) in [5.41, 5.74) is 7.55. The van der Waals surface area contributed by atoms with Crippen LogP contribution in [0.5, 0.6) is 0 Å². The topological polar surface area (TPSA) is 102 Å². The molecule has 7 nitrogen and oxygen atoms in total. The number of carbonyl (C=O) groups excluding carboxylic acids is 3. The normalized spacial score (nSPS) is 21.8. The zero-order valence-corrected chi connectivity index (χ0v) is 20.7. The zero-order chi connectivity index (χ0) is 23.5. The predicted octanol–water partition coefficient (Wildman–Crippen LogP) is 4.27. The Labute approximate surface area is 206 Å². The molecule has 1 spiro atoms. The van der Waals surface area contributed by atoms with Crippen LogP contribution in [0, 0.1) is 0 Å². The molecular formula is C24H19Br2N3O4. The van der Waals surface area contributed by atoms with E-state index < -0.39 is 17.3 Å². The van der Waals surface area contributed by atoms with Crippen molar-refractivity contribution in [3.05, 3.63) is 79.6 Å². The summed E-state index contributed by atoms with van der Waals surface area (Å²) in [6, 6.07) is 12.7. The summed E-state index contributed by atoms with van der Waals surface area (Å²) in [6.45, 7) is 0. The number of amides is 1. The lowest BCUT2D eigenvalue weighted by molar-refractivity contribution is -0.138.